The van der Waals surface area contributed by atoms with Crippen molar-refractivity contribution >= 4 is 11.6 Å². The second kappa shape index (κ2) is 5.28. The lowest BCUT2D eigenvalue weighted by Gasteiger charge is -2.39. The van der Waals surface area contributed by atoms with E-state index in [2.05, 4.69) is 12.1 Å². The van der Waals surface area contributed by atoms with Gasteiger partial charge in [0.1, 0.15) is 0 Å². The smallest absolute Gasteiger partial charge is 0.0958 e. The quantitative estimate of drug-likeness (QED) is 0.760. The molecule has 0 saturated heterocycles. The Labute approximate surface area is 132 Å². The molecule has 1 nitrogen and oxygen atoms in total. The van der Waals surface area contributed by atoms with Crippen LogP contribution in [0, 0.1) is 23.7 Å². The Bertz CT molecular complexity index is 487. The minimum atomic E-state index is -0.596. The average molecular weight is 305 g/mol. The normalized spacial score (nSPS) is 37.8. The fourth-order valence-electron chi connectivity index (χ4n) is 5.86. The SMILES string of the molecule is OC1(c2ccc(Cl)cc2)[C@H]2CCCC[C@@H]2[C@H]2CCCC[C@@H]21. The molecule has 0 heterocycles. The van der Waals surface area contributed by atoms with E-state index in [-0.39, 0.29) is 0 Å². The summed E-state index contributed by atoms with van der Waals surface area (Å²) in [5.74, 6) is 2.45. The van der Waals surface area contributed by atoms with Crippen LogP contribution in [-0.4, -0.2) is 5.11 Å². The molecule has 4 rings (SSSR count). The van der Waals surface area contributed by atoms with Crippen LogP contribution in [0.3, 0.4) is 0 Å². The fraction of sp³-hybridized carbons (Fsp3) is 0.684. The summed E-state index contributed by atoms with van der Waals surface area (Å²) >= 11 is 6.06. The second-order valence-corrected chi connectivity index (χ2v) is 7.88. The maximum atomic E-state index is 11.8. The molecule has 0 amide bonds. The van der Waals surface area contributed by atoms with E-state index in [1.165, 1.54) is 51.4 Å². The fourth-order valence-corrected chi connectivity index (χ4v) is 5.98. The Balaban J connectivity index is 1.78. The van der Waals surface area contributed by atoms with Gasteiger partial charge in [0.15, 0.2) is 0 Å². The zero-order valence-corrected chi connectivity index (χ0v) is 13.4. The summed E-state index contributed by atoms with van der Waals surface area (Å²) in [6.45, 7) is 0. The molecular formula is C19H25ClO. The van der Waals surface area contributed by atoms with E-state index in [0.717, 1.165) is 22.4 Å². The van der Waals surface area contributed by atoms with E-state index >= 15 is 0 Å². The predicted octanol–water partition coefficient (Wildman–Crippen LogP) is 5.15. The summed E-state index contributed by atoms with van der Waals surface area (Å²) in [4.78, 5) is 0. The van der Waals surface area contributed by atoms with E-state index in [4.69, 9.17) is 11.6 Å². The summed E-state index contributed by atoms with van der Waals surface area (Å²) in [7, 11) is 0. The van der Waals surface area contributed by atoms with Crippen molar-refractivity contribution in [2.45, 2.75) is 57.0 Å². The van der Waals surface area contributed by atoms with Crippen LogP contribution in [0.4, 0.5) is 0 Å². The maximum Gasteiger partial charge on any atom is 0.0958 e. The first kappa shape index (κ1) is 14.1. The van der Waals surface area contributed by atoms with Crippen LogP contribution >= 0.6 is 11.6 Å². The van der Waals surface area contributed by atoms with E-state index in [1.54, 1.807) is 0 Å². The Morgan fingerprint density at radius 2 is 1.29 bits per heavy atom. The van der Waals surface area contributed by atoms with Crippen molar-refractivity contribution in [3.8, 4) is 0 Å². The summed E-state index contributed by atoms with van der Waals surface area (Å²) in [6.07, 6.45) is 10.4. The molecule has 4 atom stereocenters. The van der Waals surface area contributed by atoms with Gasteiger partial charge in [0, 0.05) is 5.02 Å². The molecule has 1 aromatic rings. The van der Waals surface area contributed by atoms with Gasteiger partial charge in [0.2, 0.25) is 0 Å². The van der Waals surface area contributed by atoms with Crippen LogP contribution < -0.4 is 0 Å². The molecule has 3 aliphatic rings. The lowest BCUT2D eigenvalue weighted by molar-refractivity contribution is -0.0650. The zero-order valence-electron chi connectivity index (χ0n) is 12.6. The Hall–Kier alpha value is -0.530. The van der Waals surface area contributed by atoms with Crippen molar-refractivity contribution in [3.63, 3.8) is 0 Å². The van der Waals surface area contributed by atoms with Gasteiger partial charge in [-0.1, -0.05) is 49.4 Å². The molecule has 0 radical (unpaired) electrons. The minimum Gasteiger partial charge on any atom is -0.385 e. The molecule has 0 aliphatic heterocycles. The topological polar surface area (TPSA) is 20.2 Å². The molecule has 114 valence electrons. The molecular weight excluding hydrogens is 280 g/mol. The molecule has 1 N–H and O–H groups in total. The average Bonchev–Trinajstić information content (AvgIpc) is 2.80. The number of halogens is 1. The van der Waals surface area contributed by atoms with Gasteiger partial charge in [0.25, 0.3) is 0 Å². The van der Waals surface area contributed by atoms with Crippen molar-refractivity contribution in [2.24, 2.45) is 23.7 Å². The van der Waals surface area contributed by atoms with Crippen molar-refractivity contribution < 1.29 is 5.11 Å². The summed E-state index contributed by atoms with van der Waals surface area (Å²) in [5.41, 5.74) is 0.527. The molecule has 3 fully saturated rings. The van der Waals surface area contributed by atoms with Crippen LogP contribution in [0.25, 0.3) is 0 Å². The van der Waals surface area contributed by atoms with Gasteiger partial charge in [-0.25, -0.2) is 0 Å². The first-order chi connectivity index (χ1) is 10.2. The summed E-state index contributed by atoms with van der Waals surface area (Å²) in [5, 5.41) is 12.6. The van der Waals surface area contributed by atoms with Crippen LogP contribution in [0.1, 0.15) is 56.9 Å². The Kier molecular flexibility index (Phi) is 3.54. The third-order valence-corrected chi connectivity index (χ3v) is 6.88. The van der Waals surface area contributed by atoms with Crippen molar-refractivity contribution in [1.29, 1.82) is 0 Å². The van der Waals surface area contributed by atoms with Crippen molar-refractivity contribution in [2.75, 3.05) is 0 Å². The number of fused-ring (bicyclic) bond motifs is 3. The highest BCUT2D eigenvalue weighted by molar-refractivity contribution is 6.30. The number of aliphatic hydroxyl groups is 1. The van der Waals surface area contributed by atoms with Gasteiger partial charge >= 0.3 is 0 Å². The number of hydrogen-bond donors (Lipinski definition) is 1. The van der Waals surface area contributed by atoms with Crippen LogP contribution in [0.5, 0.6) is 0 Å². The highest BCUT2D eigenvalue weighted by Gasteiger charge is 2.60. The van der Waals surface area contributed by atoms with E-state index in [0.29, 0.717) is 11.8 Å². The Morgan fingerprint density at radius 1 is 0.810 bits per heavy atom. The zero-order chi connectivity index (χ0) is 14.4. The first-order valence-corrected chi connectivity index (χ1v) is 9.07. The van der Waals surface area contributed by atoms with Crippen molar-refractivity contribution in [3.05, 3.63) is 34.9 Å². The number of hydrogen-bond acceptors (Lipinski definition) is 1. The van der Waals surface area contributed by atoms with Crippen LogP contribution in [-0.2, 0) is 5.60 Å². The molecule has 2 heteroatoms. The first-order valence-electron chi connectivity index (χ1n) is 8.69. The maximum absolute atomic E-state index is 11.8. The lowest BCUT2D eigenvalue weighted by Crippen LogP contribution is -2.39. The standard InChI is InChI=1S/C19H25ClO/c20-14-11-9-13(10-12-14)19(21)17-7-3-1-5-15(17)16-6-2-4-8-18(16)19/h9-12,15-18,21H,1-8H2/t15-,16-,17+,18+/m1/s1. The summed E-state index contributed by atoms with van der Waals surface area (Å²) in [6, 6.07) is 8.04. The highest BCUT2D eigenvalue weighted by atomic mass is 35.5. The molecule has 0 aromatic heterocycles. The monoisotopic (exact) mass is 304 g/mol. The third-order valence-electron chi connectivity index (χ3n) is 6.63. The van der Waals surface area contributed by atoms with E-state index in [9.17, 15) is 5.11 Å². The number of benzene rings is 1. The molecule has 3 saturated carbocycles. The second-order valence-electron chi connectivity index (χ2n) is 7.44. The van der Waals surface area contributed by atoms with Gasteiger partial charge in [-0.2, -0.15) is 0 Å². The molecule has 0 bridgehead atoms. The third kappa shape index (κ3) is 2.08. The van der Waals surface area contributed by atoms with Crippen molar-refractivity contribution in [1.82, 2.24) is 0 Å². The lowest BCUT2D eigenvalue weighted by atomic mass is 9.71. The van der Waals surface area contributed by atoms with E-state index < -0.39 is 5.60 Å². The molecule has 3 aliphatic carbocycles. The van der Waals surface area contributed by atoms with E-state index in [1.807, 2.05) is 12.1 Å². The van der Waals surface area contributed by atoms with Crippen LogP contribution in [0.2, 0.25) is 5.02 Å². The highest BCUT2D eigenvalue weighted by Crippen LogP contribution is 2.62. The molecule has 0 unspecified atom stereocenters. The van der Waals surface area contributed by atoms with Gasteiger partial charge in [-0.15, -0.1) is 0 Å². The van der Waals surface area contributed by atoms with Gasteiger partial charge < -0.3 is 5.11 Å². The largest absolute Gasteiger partial charge is 0.385 e. The van der Waals surface area contributed by atoms with Gasteiger partial charge in [-0.05, 0) is 67.1 Å². The number of rotatable bonds is 1. The van der Waals surface area contributed by atoms with Crippen LogP contribution in [0.15, 0.2) is 24.3 Å². The molecule has 1 aromatic carbocycles. The minimum absolute atomic E-state index is 0.473. The molecule has 0 spiro atoms. The Morgan fingerprint density at radius 3 is 1.81 bits per heavy atom. The van der Waals surface area contributed by atoms with Gasteiger partial charge in [0.05, 0.1) is 5.60 Å². The van der Waals surface area contributed by atoms with Gasteiger partial charge in [-0.3, -0.25) is 0 Å². The molecule has 21 heavy (non-hydrogen) atoms. The summed E-state index contributed by atoms with van der Waals surface area (Å²) < 4.78 is 0. The predicted molar refractivity (Wildman–Crippen MR) is 86.2 cm³/mol.